The number of hydrogen-bond donors (Lipinski definition) is 1. The number of nitrogens with zero attached hydrogens (tertiary/aromatic N) is 1. The fourth-order valence-electron chi connectivity index (χ4n) is 3.29. The Morgan fingerprint density at radius 1 is 1.13 bits per heavy atom. The number of fused-ring (bicyclic) bond motifs is 1. The predicted molar refractivity (Wildman–Crippen MR) is 120 cm³/mol. The van der Waals surface area contributed by atoms with Crippen molar-refractivity contribution in [1.29, 1.82) is 0 Å². The van der Waals surface area contributed by atoms with Gasteiger partial charge < -0.3 is 14.6 Å². The lowest BCUT2D eigenvalue weighted by molar-refractivity contribution is -0.144. The van der Waals surface area contributed by atoms with Gasteiger partial charge in [-0.25, -0.2) is 4.79 Å². The van der Waals surface area contributed by atoms with Crippen LogP contribution < -0.4 is 10.7 Å². The maximum atomic E-state index is 13.1. The molecule has 0 saturated heterocycles. The molecule has 1 aromatic heterocycles. The number of esters is 1. The molecule has 3 aromatic rings. The molecule has 0 bridgehead atoms. The molecule has 0 spiro atoms. The molecule has 0 radical (unpaired) electrons. The largest absolute Gasteiger partial charge is 0.467 e. The van der Waals surface area contributed by atoms with Crippen LogP contribution in [0.2, 0.25) is 0 Å². The number of nitrogens with one attached hydrogen (secondary N) is 1. The molecule has 2 aromatic carbocycles. The minimum atomic E-state index is -0.845. The highest BCUT2D eigenvalue weighted by Crippen LogP contribution is 2.19. The van der Waals surface area contributed by atoms with Gasteiger partial charge in [-0.15, -0.1) is 0 Å². The molecule has 7 heteroatoms. The Bertz CT molecular complexity index is 1140. The molecule has 0 aliphatic rings. The van der Waals surface area contributed by atoms with E-state index in [1.54, 1.807) is 26.1 Å². The van der Waals surface area contributed by atoms with E-state index < -0.39 is 17.9 Å². The zero-order chi connectivity index (χ0) is 21.8. The highest BCUT2D eigenvalue weighted by molar-refractivity contribution is 9.10. The van der Waals surface area contributed by atoms with E-state index in [2.05, 4.69) is 21.2 Å². The van der Waals surface area contributed by atoms with Crippen molar-refractivity contribution < 1.29 is 14.3 Å². The summed E-state index contributed by atoms with van der Waals surface area (Å²) in [6, 6.07) is 14.3. The summed E-state index contributed by atoms with van der Waals surface area (Å²) < 4.78 is 7.40. The monoisotopic (exact) mass is 470 g/mol. The number of benzene rings is 2. The quantitative estimate of drug-likeness (QED) is 0.556. The van der Waals surface area contributed by atoms with Crippen molar-refractivity contribution in [3.63, 3.8) is 0 Å². The van der Waals surface area contributed by atoms with Crippen molar-refractivity contribution in [1.82, 2.24) is 9.88 Å². The van der Waals surface area contributed by atoms with Crippen molar-refractivity contribution in [2.45, 2.75) is 26.4 Å². The number of ether oxygens (including phenoxy) is 1. The average molecular weight is 471 g/mol. The molecule has 1 heterocycles. The van der Waals surface area contributed by atoms with Crippen LogP contribution in [0, 0.1) is 5.92 Å². The van der Waals surface area contributed by atoms with Gasteiger partial charge in [-0.05, 0) is 29.7 Å². The van der Waals surface area contributed by atoms with Gasteiger partial charge >= 0.3 is 5.97 Å². The zero-order valence-corrected chi connectivity index (χ0v) is 18.6. The molecule has 1 N–H and O–H groups in total. The van der Waals surface area contributed by atoms with Crippen LogP contribution in [0.1, 0.15) is 29.8 Å². The number of pyridine rings is 1. The fraction of sp³-hybridized carbons (Fsp3) is 0.261. The van der Waals surface area contributed by atoms with Gasteiger partial charge in [-0.1, -0.05) is 60.1 Å². The Kier molecular flexibility index (Phi) is 6.72. The number of hydrogen-bond acceptors (Lipinski definition) is 4. The van der Waals surface area contributed by atoms with Crippen molar-refractivity contribution in [3.8, 4) is 0 Å². The van der Waals surface area contributed by atoms with E-state index in [1.165, 1.54) is 7.11 Å². The van der Waals surface area contributed by atoms with E-state index in [0.717, 1.165) is 15.6 Å². The average Bonchev–Trinajstić information content (AvgIpc) is 2.73. The molecule has 0 aliphatic heterocycles. The molecule has 1 amide bonds. The second-order valence-electron chi connectivity index (χ2n) is 7.37. The van der Waals surface area contributed by atoms with Gasteiger partial charge in [0.25, 0.3) is 5.91 Å². The number of carbonyl (C=O) groups is 2. The smallest absolute Gasteiger partial charge is 0.328 e. The number of carbonyl (C=O) groups excluding carboxylic acids is 2. The van der Waals surface area contributed by atoms with Crippen LogP contribution in [0.15, 0.2) is 64.0 Å². The normalized spacial score (nSPS) is 12.0. The van der Waals surface area contributed by atoms with Gasteiger partial charge in [0.05, 0.1) is 12.6 Å². The van der Waals surface area contributed by atoms with Gasteiger partial charge in [-0.3, -0.25) is 9.59 Å². The first-order valence-electron chi connectivity index (χ1n) is 9.57. The molecule has 3 rings (SSSR count). The van der Waals surface area contributed by atoms with E-state index >= 15 is 0 Å². The number of aromatic nitrogens is 1. The third-order valence-electron chi connectivity index (χ3n) is 4.89. The number of amides is 1. The van der Waals surface area contributed by atoms with E-state index in [1.807, 2.05) is 47.0 Å². The summed E-state index contributed by atoms with van der Waals surface area (Å²) in [4.78, 5) is 38.1. The number of rotatable bonds is 6. The van der Waals surface area contributed by atoms with E-state index in [4.69, 9.17) is 4.74 Å². The first kappa shape index (κ1) is 21.8. The van der Waals surface area contributed by atoms with Crippen molar-refractivity contribution in [3.05, 3.63) is 80.6 Å². The lowest BCUT2D eigenvalue weighted by Crippen LogP contribution is -2.46. The lowest BCUT2D eigenvalue weighted by Gasteiger charge is -2.20. The molecule has 156 valence electrons. The molecule has 1 atom stereocenters. The Morgan fingerprint density at radius 3 is 2.47 bits per heavy atom. The number of halogens is 1. The maximum absolute atomic E-state index is 13.1. The molecule has 0 fully saturated rings. The second-order valence-corrected chi connectivity index (χ2v) is 8.28. The third kappa shape index (κ3) is 4.62. The maximum Gasteiger partial charge on any atom is 0.328 e. The standard InChI is InChI=1S/C23H23BrN2O4/c1-14(2)20(23(29)30-3)25-22(28)18-13-26(12-15-7-5-4-6-8-15)19-10-9-16(24)11-17(19)21(18)27/h4-11,13-14,20H,12H2,1-3H3,(H,25,28). The van der Waals surface area contributed by atoms with Crippen LogP contribution in [-0.2, 0) is 16.1 Å². The first-order chi connectivity index (χ1) is 14.3. The van der Waals surface area contributed by atoms with Crippen LogP contribution in [0.25, 0.3) is 10.9 Å². The second kappa shape index (κ2) is 9.26. The van der Waals surface area contributed by atoms with Crippen molar-refractivity contribution >= 4 is 38.7 Å². The number of methoxy groups -OCH3 is 1. The molecular weight excluding hydrogens is 448 g/mol. The molecule has 0 aliphatic carbocycles. The van der Waals surface area contributed by atoms with Crippen molar-refractivity contribution in [2.75, 3.05) is 7.11 Å². The zero-order valence-electron chi connectivity index (χ0n) is 17.0. The Balaban J connectivity index is 2.10. The van der Waals surface area contributed by atoms with Gasteiger partial charge in [0.1, 0.15) is 11.6 Å². The van der Waals surface area contributed by atoms with Gasteiger partial charge in [0.15, 0.2) is 0 Å². The molecule has 6 nitrogen and oxygen atoms in total. The summed E-state index contributed by atoms with van der Waals surface area (Å²) in [5.41, 5.74) is 1.34. The fourth-order valence-corrected chi connectivity index (χ4v) is 3.65. The van der Waals surface area contributed by atoms with Crippen LogP contribution >= 0.6 is 15.9 Å². The van der Waals surface area contributed by atoms with E-state index in [-0.39, 0.29) is 16.9 Å². The highest BCUT2D eigenvalue weighted by Gasteiger charge is 2.27. The Morgan fingerprint density at radius 2 is 1.83 bits per heavy atom. The summed E-state index contributed by atoms with van der Waals surface area (Å²) in [6.07, 6.45) is 1.55. The summed E-state index contributed by atoms with van der Waals surface area (Å²) in [6.45, 7) is 4.09. The molecule has 1 unspecified atom stereocenters. The third-order valence-corrected chi connectivity index (χ3v) is 5.38. The summed E-state index contributed by atoms with van der Waals surface area (Å²) in [7, 11) is 1.27. The van der Waals surface area contributed by atoms with E-state index in [0.29, 0.717) is 11.9 Å². The SMILES string of the molecule is COC(=O)C(NC(=O)c1cn(Cc2ccccc2)c2ccc(Br)cc2c1=O)C(C)C. The van der Waals surface area contributed by atoms with Gasteiger partial charge in [0, 0.05) is 22.6 Å². The Hall–Kier alpha value is -2.93. The van der Waals surface area contributed by atoms with Crippen LogP contribution in [0.3, 0.4) is 0 Å². The molecule has 0 saturated carbocycles. The molecular formula is C23H23BrN2O4. The van der Waals surface area contributed by atoms with Gasteiger partial charge in [-0.2, -0.15) is 0 Å². The van der Waals surface area contributed by atoms with E-state index in [9.17, 15) is 14.4 Å². The molecule has 30 heavy (non-hydrogen) atoms. The summed E-state index contributed by atoms with van der Waals surface area (Å²) in [5.74, 6) is -1.35. The predicted octanol–water partition coefficient (Wildman–Crippen LogP) is 3.74. The summed E-state index contributed by atoms with van der Waals surface area (Å²) in [5, 5.41) is 3.08. The Labute approximate surface area is 183 Å². The minimum absolute atomic E-state index is 0.0221. The first-order valence-corrected chi connectivity index (χ1v) is 10.4. The minimum Gasteiger partial charge on any atom is -0.467 e. The van der Waals surface area contributed by atoms with Crippen molar-refractivity contribution in [2.24, 2.45) is 5.92 Å². The highest BCUT2D eigenvalue weighted by atomic mass is 79.9. The summed E-state index contributed by atoms with van der Waals surface area (Å²) >= 11 is 3.40. The van der Waals surface area contributed by atoms with Crippen LogP contribution in [0.5, 0.6) is 0 Å². The topological polar surface area (TPSA) is 77.4 Å². The van der Waals surface area contributed by atoms with Crippen LogP contribution in [-0.4, -0.2) is 29.6 Å². The lowest BCUT2D eigenvalue weighted by atomic mass is 10.0. The van der Waals surface area contributed by atoms with Gasteiger partial charge in [0.2, 0.25) is 5.43 Å². The van der Waals surface area contributed by atoms with Crippen LogP contribution in [0.4, 0.5) is 0 Å².